The number of imidazole rings is 1. The van der Waals surface area contributed by atoms with Gasteiger partial charge in [0.05, 0.1) is 24.8 Å². The third kappa shape index (κ3) is 3.66. The number of ether oxygens (including phenoxy) is 1. The lowest BCUT2D eigenvalue weighted by Gasteiger charge is -2.10. The van der Waals surface area contributed by atoms with Gasteiger partial charge >= 0.3 is 0 Å². The summed E-state index contributed by atoms with van der Waals surface area (Å²) in [6, 6.07) is 15.5. The van der Waals surface area contributed by atoms with Gasteiger partial charge in [0.25, 0.3) is 0 Å². The highest BCUT2D eigenvalue weighted by Gasteiger charge is 2.07. The summed E-state index contributed by atoms with van der Waals surface area (Å²) in [5.41, 5.74) is 3.75. The number of aromatic amines is 1. The normalized spacial score (nSPS) is 10.5. The molecule has 4 nitrogen and oxygen atoms in total. The molecule has 116 valence electrons. The Morgan fingerprint density at radius 3 is 2.83 bits per heavy atom. The number of nitrogens with one attached hydrogen (secondary N) is 1. The van der Waals surface area contributed by atoms with Gasteiger partial charge in [-0.1, -0.05) is 30.3 Å². The van der Waals surface area contributed by atoms with Crippen molar-refractivity contribution in [3.8, 4) is 17.0 Å². The van der Waals surface area contributed by atoms with Gasteiger partial charge in [0.1, 0.15) is 5.75 Å². The molecule has 0 aliphatic rings. The number of carbonyl (C=O) groups is 1. The van der Waals surface area contributed by atoms with Crippen molar-refractivity contribution in [2.24, 2.45) is 0 Å². The summed E-state index contributed by atoms with van der Waals surface area (Å²) in [6.07, 6.45) is 4.18. The van der Waals surface area contributed by atoms with Crippen LogP contribution in [0.5, 0.6) is 5.75 Å². The quantitative estimate of drug-likeness (QED) is 0.703. The third-order valence-corrected chi connectivity index (χ3v) is 3.66. The summed E-state index contributed by atoms with van der Waals surface area (Å²) in [5.74, 6) is 0.900. The maximum Gasteiger partial charge on any atom is 0.159 e. The molecule has 0 saturated heterocycles. The van der Waals surface area contributed by atoms with E-state index in [9.17, 15) is 4.79 Å². The topological polar surface area (TPSA) is 55.0 Å². The number of para-hydroxylation sites is 1. The second-order valence-electron chi connectivity index (χ2n) is 5.32. The Kier molecular flexibility index (Phi) is 4.52. The zero-order chi connectivity index (χ0) is 16.1. The molecule has 0 fully saturated rings. The molecule has 1 heterocycles. The summed E-state index contributed by atoms with van der Waals surface area (Å²) >= 11 is 0. The van der Waals surface area contributed by atoms with E-state index in [1.807, 2.05) is 48.5 Å². The second kappa shape index (κ2) is 6.92. The lowest BCUT2D eigenvalue weighted by atomic mass is 10.1. The molecule has 1 aromatic heterocycles. The first-order chi connectivity index (χ1) is 11.2. The van der Waals surface area contributed by atoms with Gasteiger partial charge in [-0.25, -0.2) is 4.98 Å². The Hall–Kier alpha value is -2.88. The van der Waals surface area contributed by atoms with Crippen LogP contribution in [-0.2, 0) is 6.42 Å². The maximum atomic E-state index is 11.4. The second-order valence-corrected chi connectivity index (χ2v) is 5.32. The molecule has 0 aliphatic heterocycles. The highest BCUT2D eigenvalue weighted by molar-refractivity contribution is 5.94. The van der Waals surface area contributed by atoms with Crippen LogP contribution in [0.1, 0.15) is 22.8 Å². The number of hydrogen-bond donors (Lipinski definition) is 1. The van der Waals surface area contributed by atoms with Gasteiger partial charge in [-0.3, -0.25) is 4.79 Å². The summed E-state index contributed by atoms with van der Waals surface area (Å²) in [7, 11) is 0. The van der Waals surface area contributed by atoms with Crippen LogP contribution in [0, 0.1) is 0 Å². The first kappa shape index (κ1) is 15.0. The van der Waals surface area contributed by atoms with Crippen LogP contribution >= 0.6 is 0 Å². The van der Waals surface area contributed by atoms with Crippen LogP contribution in [0.3, 0.4) is 0 Å². The molecule has 3 rings (SSSR count). The third-order valence-electron chi connectivity index (χ3n) is 3.66. The monoisotopic (exact) mass is 306 g/mol. The predicted molar refractivity (Wildman–Crippen MR) is 89.7 cm³/mol. The summed E-state index contributed by atoms with van der Waals surface area (Å²) < 4.78 is 5.93. The van der Waals surface area contributed by atoms with E-state index in [0.717, 1.165) is 34.6 Å². The van der Waals surface area contributed by atoms with Crippen molar-refractivity contribution in [1.82, 2.24) is 9.97 Å². The number of carbonyl (C=O) groups excluding carboxylic acids is 1. The van der Waals surface area contributed by atoms with Gasteiger partial charge in [-0.15, -0.1) is 0 Å². The molecule has 1 N–H and O–H groups in total. The minimum Gasteiger partial charge on any atom is -0.493 e. The molecule has 0 bridgehead atoms. The van der Waals surface area contributed by atoms with Crippen molar-refractivity contribution in [2.45, 2.75) is 13.3 Å². The standard InChI is InChI=1S/C19H18N2O2/c1-14(22)16-6-4-5-15(11-16)9-10-23-19-8-3-2-7-17(19)18-12-20-13-21-18/h2-8,11-13H,9-10H2,1H3,(H,20,21). The molecule has 23 heavy (non-hydrogen) atoms. The molecule has 4 heteroatoms. The Balaban J connectivity index is 1.68. The molecule has 2 aromatic carbocycles. The zero-order valence-corrected chi connectivity index (χ0v) is 13.0. The fourth-order valence-corrected chi connectivity index (χ4v) is 2.44. The largest absolute Gasteiger partial charge is 0.493 e. The molecule has 0 atom stereocenters. The number of Topliss-reactive ketones (excluding diaryl/α,β-unsaturated/α-hetero) is 1. The number of nitrogens with zero attached hydrogens (tertiary/aromatic N) is 1. The Bertz CT molecular complexity index is 795. The van der Waals surface area contributed by atoms with E-state index in [-0.39, 0.29) is 5.78 Å². The summed E-state index contributed by atoms with van der Waals surface area (Å²) in [5, 5.41) is 0. The molecular weight excluding hydrogens is 288 g/mol. The Labute approximate surface area is 135 Å². The Morgan fingerprint density at radius 1 is 1.17 bits per heavy atom. The van der Waals surface area contributed by atoms with Crippen LogP contribution in [0.15, 0.2) is 61.1 Å². The molecule has 0 radical (unpaired) electrons. The fraction of sp³-hybridized carbons (Fsp3) is 0.158. The van der Waals surface area contributed by atoms with Gasteiger partial charge in [0.15, 0.2) is 5.78 Å². The summed E-state index contributed by atoms with van der Waals surface area (Å²) in [6.45, 7) is 2.13. The number of H-pyrrole nitrogens is 1. The lowest BCUT2D eigenvalue weighted by molar-refractivity contribution is 0.101. The number of ketones is 1. The van der Waals surface area contributed by atoms with E-state index < -0.39 is 0 Å². The van der Waals surface area contributed by atoms with Crippen LogP contribution in [0.4, 0.5) is 0 Å². The Morgan fingerprint density at radius 2 is 2.04 bits per heavy atom. The van der Waals surface area contributed by atoms with E-state index in [0.29, 0.717) is 6.61 Å². The van der Waals surface area contributed by atoms with Crippen LogP contribution < -0.4 is 4.74 Å². The number of benzene rings is 2. The van der Waals surface area contributed by atoms with Gasteiger partial charge in [-0.05, 0) is 30.7 Å². The van der Waals surface area contributed by atoms with Gasteiger partial charge in [-0.2, -0.15) is 0 Å². The zero-order valence-electron chi connectivity index (χ0n) is 13.0. The van der Waals surface area contributed by atoms with Crippen LogP contribution in [0.2, 0.25) is 0 Å². The number of aromatic nitrogens is 2. The minimum absolute atomic E-state index is 0.0809. The van der Waals surface area contributed by atoms with Crippen LogP contribution in [-0.4, -0.2) is 22.4 Å². The van der Waals surface area contributed by atoms with Crippen LogP contribution in [0.25, 0.3) is 11.3 Å². The van der Waals surface area contributed by atoms with E-state index in [1.165, 1.54) is 0 Å². The van der Waals surface area contributed by atoms with Crippen molar-refractivity contribution in [2.75, 3.05) is 6.61 Å². The van der Waals surface area contributed by atoms with Gasteiger partial charge < -0.3 is 9.72 Å². The van der Waals surface area contributed by atoms with Crippen molar-refractivity contribution in [1.29, 1.82) is 0 Å². The first-order valence-electron chi connectivity index (χ1n) is 7.54. The molecule has 0 aliphatic carbocycles. The maximum absolute atomic E-state index is 11.4. The van der Waals surface area contributed by atoms with Crippen molar-refractivity contribution in [3.63, 3.8) is 0 Å². The van der Waals surface area contributed by atoms with E-state index in [2.05, 4.69) is 9.97 Å². The van der Waals surface area contributed by atoms with E-state index >= 15 is 0 Å². The SMILES string of the molecule is CC(=O)c1cccc(CCOc2ccccc2-c2cnc[nH]2)c1. The van der Waals surface area contributed by atoms with E-state index in [4.69, 9.17) is 4.74 Å². The number of rotatable bonds is 6. The van der Waals surface area contributed by atoms with Crippen molar-refractivity contribution >= 4 is 5.78 Å². The molecular formula is C19H18N2O2. The predicted octanol–water partition coefficient (Wildman–Crippen LogP) is 3.90. The van der Waals surface area contributed by atoms with Crippen molar-refractivity contribution in [3.05, 3.63) is 72.2 Å². The fourth-order valence-electron chi connectivity index (χ4n) is 2.44. The average Bonchev–Trinajstić information content (AvgIpc) is 3.10. The molecule has 0 spiro atoms. The van der Waals surface area contributed by atoms with Gasteiger partial charge in [0.2, 0.25) is 0 Å². The van der Waals surface area contributed by atoms with Crippen molar-refractivity contribution < 1.29 is 9.53 Å². The first-order valence-corrected chi connectivity index (χ1v) is 7.54. The minimum atomic E-state index is 0.0809. The molecule has 0 amide bonds. The number of hydrogen-bond acceptors (Lipinski definition) is 3. The lowest BCUT2D eigenvalue weighted by Crippen LogP contribution is -2.03. The summed E-state index contributed by atoms with van der Waals surface area (Å²) in [4.78, 5) is 18.6. The van der Waals surface area contributed by atoms with E-state index in [1.54, 1.807) is 19.4 Å². The smallest absolute Gasteiger partial charge is 0.159 e. The van der Waals surface area contributed by atoms with Gasteiger partial charge in [0, 0.05) is 17.5 Å². The molecule has 3 aromatic rings. The molecule has 0 saturated carbocycles. The average molecular weight is 306 g/mol. The highest BCUT2D eigenvalue weighted by Crippen LogP contribution is 2.27. The highest BCUT2D eigenvalue weighted by atomic mass is 16.5. The molecule has 0 unspecified atom stereocenters.